The van der Waals surface area contributed by atoms with Gasteiger partial charge >= 0.3 is 0 Å². The van der Waals surface area contributed by atoms with Gasteiger partial charge in [0.2, 0.25) is 11.7 Å². The second-order valence-corrected chi connectivity index (χ2v) is 7.01. The highest BCUT2D eigenvalue weighted by Crippen LogP contribution is 2.31. The standard InChI is InChI=1S/C20H19N5O3/c1-11-19(14-4-5-21-8-13(14)9-22-11)20-24-18(28-25-20)7-12-2-3-16-15(6-12)23-17(26)10-27-16/h2-3,6,9,21H,4-5,7-8,10H2,1H3,(H,23,26). The van der Waals surface area contributed by atoms with Crippen molar-refractivity contribution in [3.05, 3.63) is 52.7 Å². The molecule has 0 saturated carbocycles. The van der Waals surface area contributed by atoms with E-state index in [1.165, 1.54) is 11.1 Å². The van der Waals surface area contributed by atoms with Crippen LogP contribution in [-0.2, 0) is 24.2 Å². The number of benzene rings is 1. The zero-order valence-electron chi connectivity index (χ0n) is 15.4. The predicted octanol–water partition coefficient (Wildman–Crippen LogP) is 2.01. The molecule has 0 aliphatic carbocycles. The van der Waals surface area contributed by atoms with E-state index in [-0.39, 0.29) is 12.5 Å². The summed E-state index contributed by atoms with van der Waals surface area (Å²) >= 11 is 0. The molecule has 0 fully saturated rings. The average Bonchev–Trinajstić information content (AvgIpc) is 3.15. The van der Waals surface area contributed by atoms with Crippen LogP contribution in [0.4, 0.5) is 5.69 Å². The first-order valence-electron chi connectivity index (χ1n) is 9.24. The van der Waals surface area contributed by atoms with Gasteiger partial charge in [-0.15, -0.1) is 0 Å². The molecule has 1 amide bonds. The third kappa shape index (κ3) is 3.01. The summed E-state index contributed by atoms with van der Waals surface area (Å²) in [4.78, 5) is 20.6. The molecule has 4 heterocycles. The van der Waals surface area contributed by atoms with Gasteiger partial charge in [-0.05, 0) is 48.7 Å². The molecule has 2 N–H and O–H groups in total. The molecule has 0 unspecified atom stereocenters. The lowest BCUT2D eigenvalue weighted by molar-refractivity contribution is -0.118. The van der Waals surface area contributed by atoms with Crippen LogP contribution in [0.2, 0.25) is 0 Å². The van der Waals surface area contributed by atoms with Gasteiger partial charge in [0.05, 0.1) is 12.1 Å². The van der Waals surface area contributed by atoms with Crippen molar-refractivity contribution in [1.29, 1.82) is 0 Å². The van der Waals surface area contributed by atoms with Crippen molar-refractivity contribution in [2.45, 2.75) is 26.3 Å². The Kier molecular flexibility index (Phi) is 4.05. The number of nitrogens with one attached hydrogen (secondary N) is 2. The Bertz CT molecular complexity index is 1080. The molecule has 0 radical (unpaired) electrons. The summed E-state index contributed by atoms with van der Waals surface area (Å²) in [6.45, 7) is 3.75. The van der Waals surface area contributed by atoms with Gasteiger partial charge in [0.1, 0.15) is 5.75 Å². The Morgan fingerprint density at radius 2 is 2.21 bits per heavy atom. The van der Waals surface area contributed by atoms with Gasteiger partial charge in [0.25, 0.3) is 5.91 Å². The van der Waals surface area contributed by atoms with Crippen molar-refractivity contribution in [3.63, 3.8) is 0 Å². The summed E-state index contributed by atoms with van der Waals surface area (Å²) in [5.74, 6) is 1.61. The number of ether oxygens (including phenoxy) is 1. The highest BCUT2D eigenvalue weighted by Gasteiger charge is 2.21. The van der Waals surface area contributed by atoms with Crippen LogP contribution in [0.1, 0.15) is 28.3 Å². The minimum Gasteiger partial charge on any atom is -0.482 e. The third-order valence-corrected chi connectivity index (χ3v) is 5.06. The number of anilines is 1. The summed E-state index contributed by atoms with van der Waals surface area (Å²) in [6.07, 6.45) is 3.31. The van der Waals surface area contributed by atoms with Crippen molar-refractivity contribution < 1.29 is 14.1 Å². The average molecular weight is 377 g/mol. The third-order valence-electron chi connectivity index (χ3n) is 5.06. The summed E-state index contributed by atoms with van der Waals surface area (Å²) in [5.41, 5.74) is 5.92. The van der Waals surface area contributed by atoms with E-state index in [9.17, 15) is 4.79 Å². The smallest absolute Gasteiger partial charge is 0.262 e. The van der Waals surface area contributed by atoms with Crippen molar-refractivity contribution in [2.75, 3.05) is 18.5 Å². The molecule has 0 atom stereocenters. The first-order chi connectivity index (χ1) is 13.7. The van der Waals surface area contributed by atoms with Crippen molar-refractivity contribution in [3.8, 4) is 17.1 Å². The molecule has 5 rings (SSSR count). The van der Waals surface area contributed by atoms with Crippen LogP contribution >= 0.6 is 0 Å². The van der Waals surface area contributed by atoms with Crippen molar-refractivity contribution >= 4 is 11.6 Å². The lowest BCUT2D eigenvalue weighted by Gasteiger charge is -2.19. The first-order valence-corrected chi connectivity index (χ1v) is 9.24. The maximum Gasteiger partial charge on any atom is 0.262 e. The van der Waals surface area contributed by atoms with Crippen LogP contribution in [0.15, 0.2) is 28.9 Å². The minimum atomic E-state index is -0.156. The molecule has 0 saturated heterocycles. The monoisotopic (exact) mass is 377 g/mol. The maximum absolute atomic E-state index is 11.5. The van der Waals surface area contributed by atoms with Crippen LogP contribution in [0.25, 0.3) is 11.4 Å². The minimum absolute atomic E-state index is 0.0453. The molecule has 3 aromatic rings. The predicted molar refractivity (Wildman–Crippen MR) is 101 cm³/mol. The van der Waals surface area contributed by atoms with Crippen molar-refractivity contribution in [1.82, 2.24) is 20.4 Å². The molecule has 142 valence electrons. The molecule has 2 aliphatic rings. The first kappa shape index (κ1) is 16.9. The van der Waals surface area contributed by atoms with Crippen LogP contribution in [0.5, 0.6) is 5.75 Å². The molecule has 28 heavy (non-hydrogen) atoms. The molecule has 0 bridgehead atoms. The Hall–Kier alpha value is -3.26. The molecule has 2 aromatic heterocycles. The number of aryl methyl sites for hydroxylation is 1. The maximum atomic E-state index is 11.5. The summed E-state index contributed by atoms with van der Waals surface area (Å²) in [7, 11) is 0. The summed E-state index contributed by atoms with van der Waals surface area (Å²) in [5, 5.41) is 10.4. The van der Waals surface area contributed by atoms with E-state index >= 15 is 0 Å². The Morgan fingerprint density at radius 1 is 1.29 bits per heavy atom. The summed E-state index contributed by atoms with van der Waals surface area (Å²) in [6, 6.07) is 5.65. The molecule has 2 aliphatic heterocycles. The van der Waals surface area contributed by atoms with Gasteiger partial charge in [0, 0.05) is 24.0 Å². The Balaban J connectivity index is 1.44. The molecule has 1 aromatic carbocycles. The van der Waals surface area contributed by atoms with Crippen LogP contribution in [0.3, 0.4) is 0 Å². The fourth-order valence-corrected chi connectivity index (χ4v) is 3.71. The lowest BCUT2D eigenvalue weighted by Crippen LogP contribution is -2.25. The number of aromatic nitrogens is 3. The van der Waals surface area contributed by atoms with Gasteiger partial charge in [-0.25, -0.2) is 0 Å². The van der Waals surface area contributed by atoms with Crippen LogP contribution in [0, 0.1) is 6.92 Å². The number of amides is 1. The Morgan fingerprint density at radius 3 is 3.14 bits per heavy atom. The van der Waals surface area contributed by atoms with Gasteiger partial charge in [0.15, 0.2) is 6.61 Å². The number of hydrogen-bond acceptors (Lipinski definition) is 7. The zero-order chi connectivity index (χ0) is 19.1. The van der Waals surface area contributed by atoms with Gasteiger partial charge in [-0.2, -0.15) is 4.98 Å². The van der Waals surface area contributed by atoms with Crippen molar-refractivity contribution in [2.24, 2.45) is 0 Å². The van der Waals surface area contributed by atoms with E-state index < -0.39 is 0 Å². The highest BCUT2D eigenvalue weighted by atomic mass is 16.5. The van der Waals surface area contributed by atoms with E-state index in [1.54, 1.807) is 0 Å². The van der Waals surface area contributed by atoms with E-state index in [4.69, 9.17) is 9.26 Å². The molecule has 8 nitrogen and oxygen atoms in total. The van der Waals surface area contributed by atoms with E-state index in [0.717, 1.165) is 36.3 Å². The van der Waals surface area contributed by atoms with Gasteiger partial charge in [-0.1, -0.05) is 11.2 Å². The number of carbonyl (C=O) groups is 1. The SMILES string of the molecule is Cc1ncc2c(c1-c1noc(Cc3ccc4c(c3)NC(=O)CO4)n1)CCNC2. The Labute approximate surface area is 161 Å². The largest absolute Gasteiger partial charge is 0.482 e. The normalized spacial score (nSPS) is 15.4. The molecule has 0 spiro atoms. The van der Waals surface area contributed by atoms with E-state index in [0.29, 0.717) is 29.6 Å². The molecule has 8 heteroatoms. The fraction of sp³-hybridized carbons (Fsp3) is 0.300. The van der Waals surface area contributed by atoms with Crippen LogP contribution in [-0.4, -0.2) is 34.2 Å². The van der Waals surface area contributed by atoms with Gasteiger partial charge in [-0.3, -0.25) is 9.78 Å². The second-order valence-electron chi connectivity index (χ2n) is 7.01. The van der Waals surface area contributed by atoms with Crippen LogP contribution < -0.4 is 15.4 Å². The van der Waals surface area contributed by atoms with E-state index in [1.807, 2.05) is 31.3 Å². The number of nitrogens with zero attached hydrogens (tertiary/aromatic N) is 3. The topological polar surface area (TPSA) is 102 Å². The quantitative estimate of drug-likeness (QED) is 0.720. The number of carbonyl (C=O) groups excluding carboxylic acids is 1. The fourth-order valence-electron chi connectivity index (χ4n) is 3.71. The lowest BCUT2D eigenvalue weighted by atomic mass is 9.95. The second kappa shape index (κ2) is 6.72. The van der Waals surface area contributed by atoms with E-state index in [2.05, 4.69) is 25.8 Å². The summed E-state index contributed by atoms with van der Waals surface area (Å²) < 4.78 is 10.9. The zero-order valence-corrected chi connectivity index (χ0v) is 15.4. The highest BCUT2D eigenvalue weighted by molar-refractivity contribution is 5.95. The number of rotatable bonds is 3. The molecular weight excluding hydrogens is 358 g/mol. The molecular formula is C20H19N5O3. The number of hydrogen-bond donors (Lipinski definition) is 2. The number of fused-ring (bicyclic) bond motifs is 2. The number of pyridine rings is 1. The van der Waals surface area contributed by atoms with Gasteiger partial charge < -0.3 is 19.9 Å².